The zero-order valence-electron chi connectivity index (χ0n) is 15.0. The van der Waals surface area contributed by atoms with Gasteiger partial charge >= 0.3 is 5.97 Å². The number of nitrogens with one attached hydrogen (secondary N) is 1. The van der Waals surface area contributed by atoms with Gasteiger partial charge in [0, 0.05) is 12.2 Å². The van der Waals surface area contributed by atoms with Crippen molar-refractivity contribution < 1.29 is 23.5 Å². The molecule has 0 radical (unpaired) electrons. The number of aryl methyl sites for hydroxylation is 1. The topological polar surface area (TPSA) is 71.6 Å². The molecule has 0 bridgehead atoms. The van der Waals surface area contributed by atoms with Gasteiger partial charge in [0.05, 0.1) is 25.8 Å². The lowest BCUT2D eigenvalue weighted by Crippen LogP contribution is -2.42. The highest BCUT2D eigenvalue weighted by Crippen LogP contribution is 2.25. The lowest BCUT2D eigenvalue weighted by atomic mass is 10.1. The van der Waals surface area contributed by atoms with Crippen LogP contribution in [0.4, 0.5) is 4.39 Å². The van der Waals surface area contributed by atoms with Crippen LogP contribution in [0.1, 0.15) is 43.8 Å². The van der Waals surface area contributed by atoms with Gasteiger partial charge in [0.15, 0.2) is 0 Å². The highest BCUT2D eigenvalue weighted by molar-refractivity contribution is 6.00. The monoisotopic (exact) mass is 360 g/mol. The van der Waals surface area contributed by atoms with E-state index in [1.54, 1.807) is 30.9 Å². The quantitative estimate of drug-likeness (QED) is 0.855. The average molecular weight is 360 g/mol. The molecule has 2 aromatic rings. The molecule has 1 saturated heterocycles. The van der Waals surface area contributed by atoms with Gasteiger partial charge in [-0.15, -0.1) is 0 Å². The van der Waals surface area contributed by atoms with Crippen molar-refractivity contribution >= 4 is 11.9 Å². The first-order valence-electron chi connectivity index (χ1n) is 8.36. The lowest BCUT2D eigenvalue weighted by Gasteiger charge is -2.33. The van der Waals surface area contributed by atoms with Gasteiger partial charge in [-0.2, -0.15) is 0 Å². The third-order valence-corrected chi connectivity index (χ3v) is 4.64. The number of hydrogen-bond donors (Lipinski definition) is 1. The number of H-pyrrole nitrogens is 1. The van der Waals surface area contributed by atoms with E-state index in [1.807, 2.05) is 0 Å². The Morgan fingerprint density at radius 2 is 1.96 bits per heavy atom. The standard InChI is InChI=1S/C19H21FN2O4/c1-11-16(19(24)25-3)12(2)21-17(11)18(23)22-8-9-26-15(10-22)13-4-6-14(20)7-5-13/h4-7,15,21H,8-10H2,1-3H3. The Balaban J connectivity index is 1.82. The average Bonchev–Trinajstić information content (AvgIpc) is 2.95. The summed E-state index contributed by atoms with van der Waals surface area (Å²) in [6, 6.07) is 6.07. The number of rotatable bonds is 3. The van der Waals surface area contributed by atoms with E-state index in [4.69, 9.17) is 9.47 Å². The summed E-state index contributed by atoms with van der Waals surface area (Å²) in [6.45, 7) is 4.64. The van der Waals surface area contributed by atoms with Gasteiger partial charge in [-0.05, 0) is 37.1 Å². The third-order valence-electron chi connectivity index (χ3n) is 4.64. The molecular weight excluding hydrogens is 339 g/mol. The summed E-state index contributed by atoms with van der Waals surface area (Å²) in [5.74, 6) is -0.983. The molecule has 1 unspecified atom stereocenters. The van der Waals surface area contributed by atoms with E-state index in [-0.39, 0.29) is 17.8 Å². The van der Waals surface area contributed by atoms with Gasteiger partial charge in [-0.1, -0.05) is 12.1 Å². The number of nitrogens with zero attached hydrogens (tertiary/aromatic N) is 1. The molecule has 1 N–H and O–H groups in total. The van der Waals surface area contributed by atoms with Crippen LogP contribution in [0.3, 0.4) is 0 Å². The second-order valence-corrected chi connectivity index (χ2v) is 6.28. The Morgan fingerprint density at radius 3 is 2.62 bits per heavy atom. The molecule has 1 fully saturated rings. The van der Waals surface area contributed by atoms with Gasteiger partial charge in [0.1, 0.15) is 17.6 Å². The van der Waals surface area contributed by atoms with Crippen LogP contribution in [-0.2, 0) is 9.47 Å². The van der Waals surface area contributed by atoms with Gasteiger partial charge in [0.2, 0.25) is 0 Å². The number of carbonyl (C=O) groups is 2. The van der Waals surface area contributed by atoms with Crippen LogP contribution >= 0.6 is 0 Å². The van der Waals surface area contributed by atoms with Crippen molar-refractivity contribution in [3.05, 3.63) is 58.2 Å². The fraction of sp³-hybridized carbons (Fsp3) is 0.368. The maximum absolute atomic E-state index is 13.1. The maximum Gasteiger partial charge on any atom is 0.339 e. The SMILES string of the molecule is COC(=O)c1c(C)[nH]c(C(=O)N2CCOC(c3ccc(F)cc3)C2)c1C. The normalized spacial score (nSPS) is 17.2. The molecule has 1 atom stereocenters. The Bertz CT molecular complexity index is 829. The van der Waals surface area contributed by atoms with Crippen molar-refractivity contribution in [1.29, 1.82) is 0 Å². The van der Waals surface area contributed by atoms with Crippen molar-refractivity contribution in [2.24, 2.45) is 0 Å². The molecular formula is C19H21FN2O4. The van der Waals surface area contributed by atoms with E-state index in [0.717, 1.165) is 5.56 Å². The minimum absolute atomic E-state index is 0.198. The molecule has 1 aromatic carbocycles. The Kier molecular flexibility index (Phi) is 5.08. The summed E-state index contributed by atoms with van der Waals surface area (Å²) in [6.07, 6.45) is -0.315. The van der Waals surface area contributed by atoms with Crippen molar-refractivity contribution in [3.8, 4) is 0 Å². The molecule has 1 aliphatic heterocycles. The zero-order valence-corrected chi connectivity index (χ0v) is 15.0. The molecule has 1 amide bonds. The first-order valence-corrected chi connectivity index (χ1v) is 8.36. The number of amides is 1. The molecule has 0 saturated carbocycles. The van der Waals surface area contributed by atoms with E-state index in [0.29, 0.717) is 42.2 Å². The summed E-state index contributed by atoms with van der Waals surface area (Å²) in [7, 11) is 1.31. The van der Waals surface area contributed by atoms with Crippen molar-refractivity contribution in [1.82, 2.24) is 9.88 Å². The van der Waals surface area contributed by atoms with Crippen LogP contribution in [0.2, 0.25) is 0 Å². The summed E-state index contributed by atoms with van der Waals surface area (Å²) < 4.78 is 23.6. The zero-order chi connectivity index (χ0) is 18.8. The molecule has 0 spiro atoms. The van der Waals surface area contributed by atoms with E-state index in [1.165, 1.54) is 19.2 Å². The van der Waals surface area contributed by atoms with E-state index < -0.39 is 5.97 Å². The number of morpholine rings is 1. The third kappa shape index (κ3) is 3.35. The second kappa shape index (κ2) is 7.29. The van der Waals surface area contributed by atoms with Crippen LogP contribution in [0.25, 0.3) is 0 Å². The summed E-state index contributed by atoms with van der Waals surface area (Å²) in [5, 5.41) is 0. The number of methoxy groups -OCH3 is 1. The van der Waals surface area contributed by atoms with Gasteiger partial charge in [-0.25, -0.2) is 9.18 Å². The molecule has 2 heterocycles. The van der Waals surface area contributed by atoms with Gasteiger partial charge < -0.3 is 19.4 Å². The number of aromatic amines is 1. The Labute approximate surface area is 150 Å². The van der Waals surface area contributed by atoms with Crippen LogP contribution in [-0.4, -0.2) is 48.6 Å². The highest BCUT2D eigenvalue weighted by atomic mass is 19.1. The summed E-state index contributed by atoms with van der Waals surface area (Å²) in [4.78, 5) is 29.6. The van der Waals surface area contributed by atoms with Crippen LogP contribution in [0.5, 0.6) is 0 Å². The van der Waals surface area contributed by atoms with Crippen molar-refractivity contribution in [2.75, 3.05) is 26.8 Å². The molecule has 1 aromatic heterocycles. The number of halogens is 1. The minimum Gasteiger partial charge on any atom is -0.465 e. The molecule has 7 heteroatoms. The number of aromatic nitrogens is 1. The van der Waals surface area contributed by atoms with Crippen LogP contribution < -0.4 is 0 Å². The number of carbonyl (C=O) groups excluding carboxylic acids is 2. The molecule has 3 rings (SSSR count). The molecule has 6 nitrogen and oxygen atoms in total. The fourth-order valence-corrected chi connectivity index (χ4v) is 3.24. The predicted molar refractivity (Wildman–Crippen MR) is 92.6 cm³/mol. The van der Waals surface area contributed by atoms with E-state index in [2.05, 4.69) is 4.98 Å². The number of hydrogen-bond acceptors (Lipinski definition) is 4. The fourth-order valence-electron chi connectivity index (χ4n) is 3.24. The number of benzene rings is 1. The van der Waals surface area contributed by atoms with Crippen LogP contribution in [0, 0.1) is 19.7 Å². The summed E-state index contributed by atoms with van der Waals surface area (Å²) in [5.41, 5.74) is 2.76. The largest absolute Gasteiger partial charge is 0.465 e. The Morgan fingerprint density at radius 1 is 1.27 bits per heavy atom. The second-order valence-electron chi connectivity index (χ2n) is 6.28. The minimum atomic E-state index is -0.471. The van der Waals surface area contributed by atoms with Crippen LogP contribution in [0.15, 0.2) is 24.3 Å². The molecule has 1 aliphatic rings. The van der Waals surface area contributed by atoms with Gasteiger partial charge in [0.25, 0.3) is 5.91 Å². The first kappa shape index (κ1) is 18.1. The van der Waals surface area contributed by atoms with Crippen molar-refractivity contribution in [2.45, 2.75) is 20.0 Å². The molecule has 0 aliphatic carbocycles. The molecule has 138 valence electrons. The predicted octanol–water partition coefficient (Wildman–Crippen LogP) is 2.77. The lowest BCUT2D eigenvalue weighted by molar-refractivity contribution is -0.0230. The molecule has 26 heavy (non-hydrogen) atoms. The smallest absolute Gasteiger partial charge is 0.339 e. The first-order chi connectivity index (χ1) is 12.4. The Hall–Kier alpha value is -2.67. The van der Waals surface area contributed by atoms with Gasteiger partial charge in [-0.3, -0.25) is 4.79 Å². The van der Waals surface area contributed by atoms with Crippen molar-refractivity contribution in [3.63, 3.8) is 0 Å². The number of esters is 1. The number of ether oxygens (including phenoxy) is 2. The summed E-state index contributed by atoms with van der Waals surface area (Å²) >= 11 is 0. The van der Waals surface area contributed by atoms with E-state index in [9.17, 15) is 14.0 Å². The highest BCUT2D eigenvalue weighted by Gasteiger charge is 2.30. The maximum atomic E-state index is 13.1. The van der Waals surface area contributed by atoms with E-state index >= 15 is 0 Å².